The van der Waals surface area contributed by atoms with Crippen molar-refractivity contribution in [2.45, 2.75) is 31.7 Å². The van der Waals surface area contributed by atoms with Crippen LogP contribution < -0.4 is 0 Å². The van der Waals surface area contributed by atoms with Gasteiger partial charge >= 0.3 is 0 Å². The van der Waals surface area contributed by atoms with Crippen molar-refractivity contribution in [2.75, 3.05) is 12.4 Å². The zero-order valence-corrected chi connectivity index (χ0v) is 14.5. The van der Waals surface area contributed by atoms with Gasteiger partial charge < -0.3 is 4.90 Å². The highest BCUT2D eigenvalue weighted by Gasteiger charge is 2.28. The van der Waals surface area contributed by atoms with E-state index in [1.807, 2.05) is 11.0 Å². The van der Waals surface area contributed by atoms with E-state index < -0.39 is 0 Å². The number of likely N-dealkylation sites (tertiary alicyclic amines) is 1. The van der Waals surface area contributed by atoms with Gasteiger partial charge in [0, 0.05) is 18.5 Å². The molecular formula is C12H14Br2ClNOS. The molecule has 0 saturated carbocycles. The van der Waals surface area contributed by atoms with E-state index in [0.29, 0.717) is 11.9 Å². The number of carbonyl (C=O) groups is 1. The summed E-state index contributed by atoms with van der Waals surface area (Å²) in [4.78, 5) is 14.5. The second kappa shape index (κ2) is 6.73. The smallest absolute Gasteiger partial charge is 0.256 e. The fourth-order valence-electron chi connectivity index (χ4n) is 2.33. The first-order valence-corrected chi connectivity index (χ1v) is 8.89. The van der Waals surface area contributed by atoms with Crippen molar-refractivity contribution in [3.63, 3.8) is 0 Å². The molecule has 0 bridgehead atoms. The normalized spacial score (nSPS) is 20.2. The Labute approximate surface area is 133 Å². The van der Waals surface area contributed by atoms with Crippen molar-refractivity contribution < 1.29 is 4.79 Å². The minimum absolute atomic E-state index is 0.124. The molecule has 2 nitrogen and oxygen atoms in total. The largest absolute Gasteiger partial charge is 0.336 e. The van der Waals surface area contributed by atoms with Gasteiger partial charge in [0.25, 0.3) is 5.91 Å². The van der Waals surface area contributed by atoms with Gasteiger partial charge in [-0.2, -0.15) is 0 Å². The lowest BCUT2D eigenvalue weighted by Gasteiger charge is -2.35. The molecule has 18 heavy (non-hydrogen) atoms. The van der Waals surface area contributed by atoms with Crippen molar-refractivity contribution in [3.8, 4) is 0 Å². The van der Waals surface area contributed by atoms with E-state index in [4.69, 9.17) is 11.6 Å². The third-order valence-electron chi connectivity index (χ3n) is 3.22. The standard InChI is InChI=1S/C12H14Br2ClNOS/c13-10-7-9(11(14)18-10)12(17)16-6-2-1-3-8(16)4-5-15/h7-8H,1-6H2. The summed E-state index contributed by atoms with van der Waals surface area (Å²) in [5.41, 5.74) is 0.758. The van der Waals surface area contributed by atoms with Crippen LogP contribution in [0.1, 0.15) is 36.0 Å². The van der Waals surface area contributed by atoms with Gasteiger partial charge in [0.05, 0.1) is 13.1 Å². The molecule has 2 rings (SSSR count). The Bertz CT molecular complexity index is 436. The van der Waals surface area contributed by atoms with E-state index in [1.165, 1.54) is 17.8 Å². The van der Waals surface area contributed by atoms with Crippen LogP contribution in [0.2, 0.25) is 0 Å². The zero-order chi connectivity index (χ0) is 13.1. The van der Waals surface area contributed by atoms with Crippen LogP contribution >= 0.6 is 54.8 Å². The molecule has 1 amide bonds. The van der Waals surface area contributed by atoms with Gasteiger partial charge in [-0.1, -0.05) is 0 Å². The SMILES string of the molecule is O=C(c1cc(Br)sc1Br)N1CCCCC1CCCl. The highest BCUT2D eigenvalue weighted by Crippen LogP contribution is 2.34. The fourth-order valence-corrected chi connectivity index (χ4v) is 5.36. The number of piperidine rings is 1. The summed E-state index contributed by atoms with van der Waals surface area (Å²) in [5, 5.41) is 0. The summed E-state index contributed by atoms with van der Waals surface area (Å²) in [6, 6.07) is 2.19. The topological polar surface area (TPSA) is 20.3 Å². The lowest BCUT2D eigenvalue weighted by molar-refractivity contribution is 0.0609. The van der Waals surface area contributed by atoms with Crippen molar-refractivity contribution >= 4 is 60.7 Å². The molecule has 0 aliphatic carbocycles. The van der Waals surface area contributed by atoms with Gasteiger partial charge in [0.15, 0.2) is 0 Å². The van der Waals surface area contributed by atoms with Crippen LogP contribution in [0.3, 0.4) is 0 Å². The maximum atomic E-state index is 12.6. The maximum absolute atomic E-state index is 12.6. The second-order valence-electron chi connectivity index (χ2n) is 4.36. The van der Waals surface area contributed by atoms with Crippen molar-refractivity contribution in [3.05, 3.63) is 19.2 Å². The quantitative estimate of drug-likeness (QED) is 0.643. The number of alkyl halides is 1. The third kappa shape index (κ3) is 3.30. The van der Waals surface area contributed by atoms with E-state index >= 15 is 0 Å². The van der Waals surface area contributed by atoms with Gasteiger partial charge in [-0.25, -0.2) is 0 Å². The molecule has 1 fully saturated rings. The Kier molecular flexibility index (Phi) is 5.54. The predicted molar refractivity (Wildman–Crippen MR) is 83.7 cm³/mol. The molecule has 1 aromatic rings. The van der Waals surface area contributed by atoms with Gasteiger partial charge in [-0.15, -0.1) is 22.9 Å². The lowest BCUT2D eigenvalue weighted by atomic mass is 9.99. The van der Waals surface area contributed by atoms with Crippen LogP contribution in [0.25, 0.3) is 0 Å². The Hall–Kier alpha value is 0.420. The molecule has 1 aromatic heterocycles. The highest BCUT2D eigenvalue weighted by atomic mass is 79.9. The molecule has 1 aliphatic heterocycles. The maximum Gasteiger partial charge on any atom is 0.256 e. The van der Waals surface area contributed by atoms with Crippen molar-refractivity contribution in [1.29, 1.82) is 0 Å². The fraction of sp³-hybridized carbons (Fsp3) is 0.583. The van der Waals surface area contributed by atoms with Gasteiger partial charge in [-0.05, 0) is 63.6 Å². The molecule has 0 N–H and O–H groups in total. The number of amides is 1. The number of hydrogen-bond acceptors (Lipinski definition) is 2. The summed E-state index contributed by atoms with van der Waals surface area (Å²) in [6.45, 7) is 0.848. The van der Waals surface area contributed by atoms with E-state index in [0.717, 1.165) is 38.9 Å². The minimum Gasteiger partial charge on any atom is -0.336 e. The lowest BCUT2D eigenvalue weighted by Crippen LogP contribution is -2.43. The number of halogens is 3. The Balaban J connectivity index is 2.18. The molecule has 2 heterocycles. The minimum atomic E-state index is 0.124. The molecule has 0 spiro atoms. The number of nitrogens with zero attached hydrogens (tertiary/aromatic N) is 1. The number of thiophene rings is 1. The Morgan fingerprint density at radius 3 is 2.89 bits per heavy atom. The molecule has 1 saturated heterocycles. The van der Waals surface area contributed by atoms with E-state index in [1.54, 1.807) is 0 Å². The van der Waals surface area contributed by atoms with Crippen LogP contribution in [0.4, 0.5) is 0 Å². The van der Waals surface area contributed by atoms with E-state index in [2.05, 4.69) is 31.9 Å². The van der Waals surface area contributed by atoms with Gasteiger partial charge in [-0.3, -0.25) is 4.79 Å². The summed E-state index contributed by atoms with van der Waals surface area (Å²) >= 11 is 14.2. The van der Waals surface area contributed by atoms with Crippen LogP contribution in [0.5, 0.6) is 0 Å². The number of carbonyl (C=O) groups excluding carboxylic acids is 1. The Morgan fingerprint density at radius 1 is 1.50 bits per heavy atom. The molecule has 0 aromatic carbocycles. The predicted octanol–water partition coefficient (Wildman–Crippen LogP) is 4.90. The second-order valence-corrected chi connectivity index (χ2v) is 8.49. The van der Waals surface area contributed by atoms with Crippen molar-refractivity contribution in [2.24, 2.45) is 0 Å². The first-order chi connectivity index (χ1) is 8.63. The monoisotopic (exact) mass is 413 g/mol. The molecule has 1 unspecified atom stereocenters. The molecule has 6 heteroatoms. The van der Waals surface area contributed by atoms with Crippen molar-refractivity contribution in [1.82, 2.24) is 4.90 Å². The van der Waals surface area contributed by atoms with Crippen LogP contribution in [-0.2, 0) is 0 Å². The van der Waals surface area contributed by atoms with E-state index in [-0.39, 0.29) is 5.91 Å². The molecular weight excluding hydrogens is 401 g/mol. The first kappa shape index (κ1) is 14.8. The average molecular weight is 416 g/mol. The van der Waals surface area contributed by atoms with Crippen LogP contribution in [0.15, 0.2) is 13.6 Å². The first-order valence-electron chi connectivity index (χ1n) is 5.95. The van der Waals surface area contributed by atoms with Gasteiger partial charge in [0.1, 0.15) is 0 Å². The molecule has 100 valence electrons. The number of hydrogen-bond donors (Lipinski definition) is 0. The van der Waals surface area contributed by atoms with Crippen LogP contribution in [-0.4, -0.2) is 29.3 Å². The summed E-state index contributed by atoms with van der Waals surface area (Å²) in [7, 11) is 0. The summed E-state index contributed by atoms with van der Waals surface area (Å²) in [6.07, 6.45) is 4.24. The van der Waals surface area contributed by atoms with Gasteiger partial charge in [0.2, 0.25) is 0 Å². The Morgan fingerprint density at radius 2 is 2.28 bits per heavy atom. The summed E-state index contributed by atoms with van der Waals surface area (Å²) in [5.74, 6) is 0.738. The van der Waals surface area contributed by atoms with Crippen LogP contribution in [0, 0.1) is 0 Å². The van der Waals surface area contributed by atoms with E-state index in [9.17, 15) is 4.79 Å². The average Bonchev–Trinajstić information content (AvgIpc) is 2.69. The third-order valence-corrected chi connectivity index (χ3v) is 5.77. The molecule has 1 aliphatic rings. The summed E-state index contributed by atoms with van der Waals surface area (Å²) < 4.78 is 1.87. The molecule has 0 radical (unpaired) electrons. The molecule has 1 atom stereocenters. The number of rotatable bonds is 3. The highest BCUT2D eigenvalue weighted by molar-refractivity contribution is 9.12. The zero-order valence-electron chi connectivity index (χ0n) is 9.79.